The van der Waals surface area contributed by atoms with Crippen LogP contribution in [0, 0.1) is 0 Å². The Labute approximate surface area is 134 Å². The second-order valence-electron chi connectivity index (χ2n) is 5.33. The first kappa shape index (κ1) is 15.2. The summed E-state index contributed by atoms with van der Waals surface area (Å²) in [6, 6.07) is 14.0. The van der Waals surface area contributed by atoms with Crippen molar-refractivity contribution in [2.75, 3.05) is 6.61 Å². The molecule has 1 heterocycles. The Kier molecular flexibility index (Phi) is 4.33. The highest BCUT2D eigenvalue weighted by Crippen LogP contribution is 2.19. The van der Waals surface area contributed by atoms with E-state index in [0.29, 0.717) is 29.8 Å². The third-order valence-electron chi connectivity index (χ3n) is 3.66. The Bertz CT molecular complexity index is 863. The molecule has 0 atom stereocenters. The van der Waals surface area contributed by atoms with E-state index in [1.54, 1.807) is 6.07 Å². The number of aryl methyl sites for hydroxylation is 2. The molecule has 0 bridgehead atoms. The van der Waals surface area contributed by atoms with Gasteiger partial charge in [-0.15, -0.1) is 0 Å². The number of phenolic OH excluding ortho intramolecular Hbond substituents is 1. The van der Waals surface area contributed by atoms with Gasteiger partial charge in [0.1, 0.15) is 22.8 Å². The first-order chi connectivity index (χ1) is 11.2. The lowest BCUT2D eigenvalue weighted by atomic mass is 10.1. The largest absolute Gasteiger partial charge is 0.508 e. The summed E-state index contributed by atoms with van der Waals surface area (Å²) in [6.45, 7) is 2.60. The number of phenols is 1. The SMILES string of the molecule is CCOc1ccc(CCc2cc(=O)c3cc(O)ccc3o2)cc1. The van der Waals surface area contributed by atoms with Gasteiger partial charge in [0.25, 0.3) is 0 Å². The van der Waals surface area contributed by atoms with E-state index < -0.39 is 0 Å². The molecule has 1 N–H and O–H groups in total. The molecule has 0 unspecified atom stereocenters. The minimum Gasteiger partial charge on any atom is -0.508 e. The van der Waals surface area contributed by atoms with Gasteiger partial charge in [-0.05, 0) is 49.2 Å². The van der Waals surface area contributed by atoms with E-state index in [1.165, 1.54) is 18.2 Å². The summed E-state index contributed by atoms with van der Waals surface area (Å²) in [5.41, 5.74) is 1.52. The van der Waals surface area contributed by atoms with Gasteiger partial charge in [0, 0.05) is 12.5 Å². The van der Waals surface area contributed by atoms with Gasteiger partial charge in [0.05, 0.1) is 12.0 Å². The van der Waals surface area contributed by atoms with Gasteiger partial charge < -0.3 is 14.3 Å². The minimum atomic E-state index is -0.135. The van der Waals surface area contributed by atoms with E-state index >= 15 is 0 Å². The van der Waals surface area contributed by atoms with Crippen LogP contribution in [0.15, 0.2) is 57.7 Å². The normalized spacial score (nSPS) is 10.8. The number of hydrogen-bond acceptors (Lipinski definition) is 4. The summed E-state index contributed by atoms with van der Waals surface area (Å²) in [5, 5.41) is 9.84. The van der Waals surface area contributed by atoms with Crippen LogP contribution < -0.4 is 10.2 Å². The molecule has 4 heteroatoms. The average Bonchev–Trinajstić information content (AvgIpc) is 2.55. The molecule has 0 fully saturated rings. The quantitative estimate of drug-likeness (QED) is 0.781. The topological polar surface area (TPSA) is 59.7 Å². The molecule has 0 saturated heterocycles. The van der Waals surface area contributed by atoms with Crippen molar-refractivity contribution in [1.82, 2.24) is 0 Å². The summed E-state index contributed by atoms with van der Waals surface area (Å²) >= 11 is 0. The van der Waals surface area contributed by atoms with E-state index in [1.807, 2.05) is 31.2 Å². The third-order valence-corrected chi connectivity index (χ3v) is 3.66. The standard InChI is InChI=1S/C19H18O4/c1-2-22-15-7-3-13(4-8-15)5-9-16-12-18(21)17-11-14(20)6-10-19(17)23-16/h3-4,6-8,10-12,20H,2,5,9H2,1H3. The molecule has 0 aliphatic carbocycles. The molecule has 3 aromatic rings. The first-order valence-corrected chi connectivity index (χ1v) is 7.63. The molecule has 0 saturated carbocycles. The number of benzene rings is 2. The monoisotopic (exact) mass is 310 g/mol. The molecule has 4 nitrogen and oxygen atoms in total. The first-order valence-electron chi connectivity index (χ1n) is 7.63. The average molecular weight is 310 g/mol. The van der Waals surface area contributed by atoms with Crippen LogP contribution in [0.2, 0.25) is 0 Å². The van der Waals surface area contributed by atoms with Crippen molar-refractivity contribution in [2.24, 2.45) is 0 Å². The van der Waals surface area contributed by atoms with Crippen LogP contribution in [0.3, 0.4) is 0 Å². The molecule has 0 amide bonds. The molecule has 118 valence electrons. The van der Waals surface area contributed by atoms with Crippen molar-refractivity contribution in [1.29, 1.82) is 0 Å². The van der Waals surface area contributed by atoms with Crippen LogP contribution in [0.1, 0.15) is 18.2 Å². The highest BCUT2D eigenvalue weighted by molar-refractivity contribution is 5.77. The van der Waals surface area contributed by atoms with Crippen LogP contribution in [0.25, 0.3) is 11.0 Å². The highest BCUT2D eigenvalue weighted by atomic mass is 16.5. The van der Waals surface area contributed by atoms with E-state index in [9.17, 15) is 9.90 Å². The van der Waals surface area contributed by atoms with E-state index in [0.717, 1.165) is 17.7 Å². The molecule has 2 aromatic carbocycles. The third kappa shape index (κ3) is 3.54. The molecule has 0 aliphatic rings. The zero-order chi connectivity index (χ0) is 16.2. The molecule has 0 radical (unpaired) electrons. The Hall–Kier alpha value is -2.75. The van der Waals surface area contributed by atoms with Crippen molar-refractivity contribution in [3.63, 3.8) is 0 Å². The van der Waals surface area contributed by atoms with Gasteiger partial charge in [-0.3, -0.25) is 4.79 Å². The van der Waals surface area contributed by atoms with Crippen LogP contribution in [-0.4, -0.2) is 11.7 Å². The summed E-state index contributed by atoms with van der Waals surface area (Å²) in [6.07, 6.45) is 1.42. The summed E-state index contributed by atoms with van der Waals surface area (Å²) in [5.74, 6) is 1.56. The number of fused-ring (bicyclic) bond motifs is 1. The van der Waals surface area contributed by atoms with Crippen LogP contribution >= 0.6 is 0 Å². The maximum Gasteiger partial charge on any atom is 0.193 e. The molecule has 0 spiro atoms. The maximum atomic E-state index is 12.1. The van der Waals surface area contributed by atoms with Crippen LogP contribution in [0.4, 0.5) is 0 Å². The van der Waals surface area contributed by atoms with Crippen molar-refractivity contribution in [2.45, 2.75) is 19.8 Å². The molecule has 0 aliphatic heterocycles. The van der Waals surface area contributed by atoms with Gasteiger partial charge in [0.2, 0.25) is 0 Å². The van der Waals surface area contributed by atoms with Gasteiger partial charge >= 0.3 is 0 Å². The smallest absolute Gasteiger partial charge is 0.193 e. The van der Waals surface area contributed by atoms with Gasteiger partial charge in [-0.25, -0.2) is 0 Å². The lowest BCUT2D eigenvalue weighted by Gasteiger charge is -2.06. The lowest BCUT2D eigenvalue weighted by molar-refractivity contribution is 0.340. The summed E-state index contributed by atoms with van der Waals surface area (Å²) in [7, 11) is 0. The van der Waals surface area contributed by atoms with E-state index in [2.05, 4.69) is 0 Å². The number of hydrogen-bond donors (Lipinski definition) is 1. The number of aromatic hydroxyl groups is 1. The highest BCUT2D eigenvalue weighted by Gasteiger charge is 2.06. The van der Waals surface area contributed by atoms with Crippen molar-refractivity contribution in [3.8, 4) is 11.5 Å². The van der Waals surface area contributed by atoms with Crippen molar-refractivity contribution < 1.29 is 14.3 Å². The van der Waals surface area contributed by atoms with E-state index in [4.69, 9.17) is 9.15 Å². The Morgan fingerprint density at radius 1 is 1.04 bits per heavy atom. The molecular formula is C19H18O4. The van der Waals surface area contributed by atoms with Crippen LogP contribution in [-0.2, 0) is 12.8 Å². The Morgan fingerprint density at radius 2 is 1.83 bits per heavy atom. The van der Waals surface area contributed by atoms with Gasteiger partial charge in [-0.1, -0.05) is 12.1 Å². The fourth-order valence-electron chi connectivity index (χ4n) is 2.50. The zero-order valence-corrected chi connectivity index (χ0v) is 12.9. The zero-order valence-electron chi connectivity index (χ0n) is 12.9. The van der Waals surface area contributed by atoms with Gasteiger partial charge in [0.15, 0.2) is 5.43 Å². The minimum absolute atomic E-state index is 0.0620. The molecule has 23 heavy (non-hydrogen) atoms. The summed E-state index contributed by atoms with van der Waals surface area (Å²) < 4.78 is 11.2. The fraction of sp³-hybridized carbons (Fsp3) is 0.211. The molecule has 3 rings (SSSR count). The van der Waals surface area contributed by atoms with Gasteiger partial charge in [-0.2, -0.15) is 0 Å². The van der Waals surface area contributed by atoms with Crippen molar-refractivity contribution >= 4 is 11.0 Å². The second-order valence-corrected chi connectivity index (χ2v) is 5.33. The van der Waals surface area contributed by atoms with Crippen molar-refractivity contribution in [3.05, 3.63) is 70.1 Å². The number of rotatable bonds is 5. The van der Waals surface area contributed by atoms with E-state index in [-0.39, 0.29) is 11.2 Å². The molecular weight excluding hydrogens is 292 g/mol. The van der Waals surface area contributed by atoms with Crippen LogP contribution in [0.5, 0.6) is 11.5 Å². The summed E-state index contributed by atoms with van der Waals surface area (Å²) in [4.78, 5) is 12.1. The maximum absolute atomic E-state index is 12.1. The Morgan fingerprint density at radius 3 is 2.57 bits per heavy atom. The molecule has 1 aromatic heterocycles. The number of ether oxygens (including phenoxy) is 1. The lowest BCUT2D eigenvalue weighted by Crippen LogP contribution is -2.03. The second kappa shape index (κ2) is 6.57. The predicted octanol–water partition coefficient (Wildman–Crippen LogP) is 3.68. The Balaban J connectivity index is 1.76. The fourth-order valence-corrected chi connectivity index (χ4v) is 2.50. The predicted molar refractivity (Wildman–Crippen MR) is 89.2 cm³/mol.